The largest absolute Gasteiger partial charge is 0.452 e. The minimum Gasteiger partial charge on any atom is -0.452 e. The van der Waals surface area contributed by atoms with Crippen molar-refractivity contribution in [3.63, 3.8) is 0 Å². The molecule has 3 heterocycles. The summed E-state index contributed by atoms with van der Waals surface area (Å²) in [5, 5.41) is 4.22. The predicted octanol–water partition coefficient (Wildman–Crippen LogP) is 0.496. The Hall–Kier alpha value is -2.94. The molecular formula is C19H23N5O4. The topological polar surface area (TPSA) is 89.8 Å². The zero-order chi connectivity index (χ0) is 19.3. The number of nitrogens with zero attached hydrogens (tertiary/aromatic N) is 5. The molecule has 4 rings (SSSR count). The molecule has 2 aromatic rings. The summed E-state index contributed by atoms with van der Waals surface area (Å²) < 4.78 is 12.5. The first-order valence-electron chi connectivity index (χ1n) is 9.49. The first kappa shape index (κ1) is 18.4. The Labute approximate surface area is 162 Å². The van der Waals surface area contributed by atoms with Crippen LogP contribution in [0.4, 0.5) is 0 Å². The summed E-state index contributed by atoms with van der Waals surface area (Å²) in [7, 11) is 0. The Morgan fingerprint density at radius 1 is 1.11 bits per heavy atom. The lowest BCUT2D eigenvalue weighted by Gasteiger charge is -2.35. The number of aromatic nitrogens is 3. The van der Waals surface area contributed by atoms with Crippen LogP contribution in [0.2, 0.25) is 0 Å². The number of rotatable bonds is 5. The third-order valence-electron chi connectivity index (χ3n) is 4.97. The number of amides is 2. The van der Waals surface area contributed by atoms with Crippen molar-refractivity contribution >= 4 is 11.8 Å². The van der Waals surface area contributed by atoms with Crippen molar-refractivity contribution in [2.45, 2.75) is 18.9 Å². The predicted molar refractivity (Wildman–Crippen MR) is 99.0 cm³/mol. The summed E-state index contributed by atoms with van der Waals surface area (Å²) in [6.07, 6.45) is 2.95. The van der Waals surface area contributed by atoms with Gasteiger partial charge in [0.25, 0.3) is 11.8 Å². The SMILES string of the molecule is O=C(COc1ncn(-c2ccccc2)n1)N1CCN(C(=O)C2CCCO2)CC1. The second-order valence-electron chi connectivity index (χ2n) is 6.80. The van der Waals surface area contributed by atoms with Crippen molar-refractivity contribution in [1.82, 2.24) is 24.6 Å². The summed E-state index contributed by atoms with van der Waals surface area (Å²) >= 11 is 0. The van der Waals surface area contributed by atoms with Crippen LogP contribution in [0.15, 0.2) is 36.7 Å². The number of piperazine rings is 1. The lowest BCUT2D eigenvalue weighted by Crippen LogP contribution is -2.53. The molecule has 1 atom stereocenters. The Balaban J connectivity index is 1.24. The molecule has 0 saturated carbocycles. The van der Waals surface area contributed by atoms with E-state index in [1.54, 1.807) is 20.8 Å². The highest BCUT2D eigenvalue weighted by Crippen LogP contribution is 2.16. The second-order valence-corrected chi connectivity index (χ2v) is 6.80. The summed E-state index contributed by atoms with van der Waals surface area (Å²) in [5.41, 5.74) is 0.864. The van der Waals surface area contributed by atoms with E-state index in [0.717, 1.165) is 18.5 Å². The molecule has 148 valence electrons. The third-order valence-corrected chi connectivity index (χ3v) is 4.97. The van der Waals surface area contributed by atoms with Crippen molar-refractivity contribution in [3.05, 3.63) is 36.7 Å². The van der Waals surface area contributed by atoms with Gasteiger partial charge in [-0.3, -0.25) is 9.59 Å². The molecule has 0 aliphatic carbocycles. The van der Waals surface area contributed by atoms with E-state index in [1.165, 1.54) is 0 Å². The highest BCUT2D eigenvalue weighted by molar-refractivity contribution is 5.82. The molecule has 9 nitrogen and oxygen atoms in total. The maximum Gasteiger partial charge on any atom is 0.336 e. The normalized spacial score (nSPS) is 19.6. The quantitative estimate of drug-likeness (QED) is 0.744. The maximum absolute atomic E-state index is 12.4. The molecule has 2 saturated heterocycles. The van der Waals surface area contributed by atoms with Gasteiger partial charge in [-0.25, -0.2) is 4.68 Å². The number of carbonyl (C=O) groups is 2. The molecule has 0 radical (unpaired) electrons. The van der Waals surface area contributed by atoms with E-state index in [2.05, 4.69) is 10.1 Å². The van der Waals surface area contributed by atoms with Crippen LogP contribution in [0.5, 0.6) is 6.01 Å². The van der Waals surface area contributed by atoms with Gasteiger partial charge in [0.2, 0.25) is 0 Å². The van der Waals surface area contributed by atoms with Gasteiger partial charge in [0.05, 0.1) is 5.69 Å². The van der Waals surface area contributed by atoms with E-state index >= 15 is 0 Å². The minimum atomic E-state index is -0.309. The van der Waals surface area contributed by atoms with E-state index in [0.29, 0.717) is 32.8 Å². The van der Waals surface area contributed by atoms with E-state index in [1.807, 2.05) is 30.3 Å². The Kier molecular flexibility index (Phi) is 5.52. The van der Waals surface area contributed by atoms with Crippen LogP contribution >= 0.6 is 0 Å². The third kappa shape index (κ3) is 4.14. The maximum atomic E-state index is 12.4. The molecule has 1 aromatic heterocycles. The van der Waals surface area contributed by atoms with Crippen molar-refractivity contribution in [1.29, 1.82) is 0 Å². The summed E-state index contributed by atoms with van der Waals surface area (Å²) in [6.45, 7) is 2.55. The molecule has 1 unspecified atom stereocenters. The van der Waals surface area contributed by atoms with E-state index in [4.69, 9.17) is 9.47 Å². The minimum absolute atomic E-state index is 0.0384. The lowest BCUT2D eigenvalue weighted by atomic mass is 10.2. The molecule has 1 aromatic carbocycles. The van der Waals surface area contributed by atoms with Crippen LogP contribution < -0.4 is 4.74 Å². The second kappa shape index (κ2) is 8.39. The average molecular weight is 385 g/mol. The summed E-state index contributed by atoms with van der Waals surface area (Å²) in [5.74, 6) is -0.100. The lowest BCUT2D eigenvalue weighted by molar-refractivity contribution is -0.146. The zero-order valence-electron chi connectivity index (χ0n) is 15.6. The molecule has 0 N–H and O–H groups in total. The van der Waals surface area contributed by atoms with Crippen molar-refractivity contribution in [2.24, 2.45) is 0 Å². The van der Waals surface area contributed by atoms with E-state index < -0.39 is 0 Å². The van der Waals surface area contributed by atoms with Gasteiger partial charge in [-0.2, -0.15) is 4.98 Å². The van der Waals surface area contributed by atoms with Crippen LogP contribution in [0.3, 0.4) is 0 Å². The van der Waals surface area contributed by atoms with Crippen molar-refractivity contribution in [3.8, 4) is 11.7 Å². The monoisotopic (exact) mass is 385 g/mol. The van der Waals surface area contributed by atoms with Crippen molar-refractivity contribution < 1.29 is 19.1 Å². The fourth-order valence-corrected chi connectivity index (χ4v) is 3.39. The molecule has 0 spiro atoms. The van der Waals surface area contributed by atoms with Gasteiger partial charge in [-0.15, -0.1) is 5.10 Å². The van der Waals surface area contributed by atoms with Gasteiger partial charge in [0.15, 0.2) is 6.61 Å². The molecule has 28 heavy (non-hydrogen) atoms. The fraction of sp³-hybridized carbons (Fsp3) is 0.474. The van der Waals surface area contributed by atoms with Crippen LogP contribution in [0.25, 0.3) is 5.69 Å². The number of hydrogen-bond acceptors (Lipinski definition) is 6. The molecule has 2 aliphatic rings. The molecule has 2 fully saturated rings. The average Bonchev–Trinajstić information content (AvgIpc) is 3.44. The number of hydrogen-bond donors (Lipinski definition) is 0. The molecular weight excluding hydrogens is 362 g/mol. The smallest absolute Gasteiger partial charge is 0.336 e. The van der Waals surface area contributed by atoms with Crippen LogP contribution in [0.1, 0.15) is 12.8 Å². The number of benzene rings is 1. The molecule has 2 amide bonds. The first-order chi connectivity index (χ1) is 13.7. The summed E-state index contributed by atoms with van der Waals surface area (Å²) in [6, 6.07) is 9.70. The molecule has 9 heteroatoms. The first-order valence-corrected chi connectivity index (χ1v) is 9.49. The standard InChI is InChI=1S/C19H23N5O4/c25-17(13-28-19-20-14-24(21-19)15-5-2-1-3-6-15)22-8-10-23(11-9-22)18(26)16-7-4-12-27-16/h1-3,5-6,14,16H,4,7-13H2. The molecule has 2 aliphatic heterocycles. The molecule has 0 bridgehead atoms. The zero-order valence-corrected chi connectivity index (χ0v) is 15.6. The summed E-state index contributed by atoms with van der Waals surface area (Å²) in [4.78, 5) is 32.3. The number of para-hydroxylation sites is 1. The highest BCUT2D eigenvalue weighted by atomic mass is 16.5. The van der Waals surface area contributed by atoms with Crippen LogP contribution in [-0.2, 0) is 14.3 Å². The van der Waals surface area contributed by atoms with Gasteiger partial charge in [0, 0.05) is 32.8 Å². The van der Waals surface area contributed by atoms with Gasteiger partial charge in [0.1, 0.15) is 12.4 Å². The Morgan fingerprint density at radius 2 is 1.86 bits per heavy atom. The van der Waals surface area contributed by atoms with Gasteiger partial charge in [-0.1, -0.05) is 18.2 Å². The van der Waals surface area contributed by atoms with Crippen molar-refractivity contribution in [2.75, 3.05) is 39.4 Å². The Bertz CT molecular complexity index is 811. The van der Waals surface area contributed by atoms with Gasteiger partial charge >= 0.3 is 6.01 Å². The van der Waals surface area contributed by atoms with Gasteiger partial charge < -0.3 is 19.3 Å². The Morgan fingerprint density at radius 3 is 2.57 bits per heavy atom. The van der Waals surface area contributed by atoms with E-state index in [-0.39, 0.29) is 30.5 Å². The highest BCUT2D eigenvalue weighted by Gasteiger charge is 2.31. The van der Waals surface area contributed by atoms with E-state index in [9.17, 15) is 9.59 Å². The van der Waals surface area contributed by atoms with Gasteiger partial charge in [-0.05, 0) is 25.0 Å². The number of ether oxygens (including phenoxy) is 2. The van der Waals surface area contributed by atoms with Crippen LogP contribution in [0, 0.1) is 0 Å². The van der Waals surface area contributed by atoms with Crippen LogP contribution in [-0.4, -0.2) is 81.9 Å². The number of carbonyl (C=O) groups excluding carboxylic acids is 2. The fourth-order valence-electron chi connectivity index (χ4n) is 3.39.